The number of aromatic nitrogens is 1. The Bertz CT molecular complexity index is 670. The number of aromatic amines is 1. The number of nitrogens with zero attached hydrogens (tertiary/aromatic N) is 1. The van der Waals surface area contributed by atoms with Crippen molar-refractivity contribution >= 4 is 16.6 Å². The van der Waals surface area contributed by atoms with Crippen LogP contribution in [0.4, 0.5) is 0 Å². The fourth-order valence-corrected chi connectivity index (χ4v) is 2.18. The van der Waals surface area contributed by atoms with Crippen LogP contribution in [-0.2, 0) is 6.42 Å². The first-order chi connectivity index (χ1) is 9.00. The second-order valence-corrected chi connectivity index (χ2v) is 3.87. The van der Waals surface area contributed by atoms with E-state index >= 15 is 0 Å². The lowest BCUT2D eigenvalue weighted by atomic mass is 10.0. The van der Waals surface area contributed by atoms with Gasteiger partial charge in [-0.2, -0.15) is 0 Å². The lowest BCUT2D eigenvalue weighted by Crippen LogP contribution is -2.08. The molecular weight excluding hydrogens is 200 g/mol. The Labute approximate surface area is 98.4 Å². The van der Waals surface area contributed by atoms with Crippen LogP contribution in [0.25, 0.3) is 10.9 Å². The SMILES string of the molecule is [2H]C([2H])([2H])C1=NCCc2c1[nH]c1cc(OC)ccc21. The first-order valence-electron chi connectivity index (χ1n) is 6.74. The number of H-pyrrole nitrogens is 1. The Hall–Kier alpha value is -1.77. The molecule has 3 rings (SSSR count). The molecule has 1 aromatic carbocycles. The predicted octanol–water partition coefficient (Wildman–Crippen LogP) is 2.54. The van der Waals surface area contributed by atoms with Gasteiger partial charge in [0.25, 0.3) is 0 Å². The van der Waals surface area contributed by atoms with E-state index in [-0.39, 0.29) is 5.71 Å². The number of ether oxygens (including phenoxy) is 1. The molecule has 2 heterocycles. The van der Waals surface area contributed by atoms with Crippen LogP contribution in [0.15, 0.2) is 23.2 Å². The van der Waals surface area contributed by atoms with E-state index in [1.54, 1.807) is 7.11 Å². The van der Waals surface area contributed by atoms with Crippen LogP contribution in [0.1, 0.15) is 22.2 Å². The summed E-state index contributed by atoms with van der Waals surface area (Å²) in [6, 6.07) is 5.73. The zero-order valence-corrected chi connectivity index (χ0v) is 9.00. The van der Waals surface area contributed by atoms with Gasteiger partial charge in [0.15, 0.2) is 0 Å². The van der Waals surface area contributed by atoms with E-state index in [1.165, 1.54) is 0 Å². The number of fused-ring (bicyclic) bond motifs is 3. The molecule has 3 nitrogen and oxygen atoms in total. The molecule has 0 bridgehead atoms. The highest BCUT2D eigenvalue weighted by Gasteiger charge is 2.16. The first-order valence-corrected chi connectivity index (χ1v) is 5.24. The average molecular weight is 217 g/mol. The van der Waals surface area contributed by atoms with Crippen molar-refractivity contribution in [1.82, 2.24) is 4.98 Å². The highest BCUT2D eigenvalue weighted by atomic mass is 16.5. The fraction of sp³-hybridized carbons (Fsp3) is 0.308. The van der Waals surface area contributed by atoms with Crippen LogP contribution >= 0.6 is 0 Å². The third-order valence-corrected chi connectivity index (χ3v) is 2.98. The molecule has 0 atom stereocenters. The average Bonchev–Trinajstić information content (AvgIpc) is 2.74. The lowest BCUT2D eigenvalue weighted by molar-refractivity contribution is 0.415. The summed E-state index contributed by atoms with van der Waals surface area (Å²) in [5.74, 6) is 0.749. The molecule has 82 valence electrons. The van der Waals surface area contributed by atoms with Crippen LogP contribution in [-0.4, -0.2) is 24.4 Å². The van der Waals surface area contributed by atoms with Gasteiger partial charge < -0.3 is 9.72 Å². The van der Waals surface area contributed by atoms with E-state index in [9.17, 15) is 0 Å². The molecule has 2 aromatic rings. The number of hydrogen-bond acceptors (Lipinski definition) is 2. The molecule has 0 amide bonds. The summed E-state index contributed by atoms with van der Waals surface area (Å²) in [5.41, 5.74) is 2.76. The molecule has 0 saturated heterocycles. The van der Waals surface area contributed by atoms with Crippen molar-refractivity contribution in [2.45, 2.75) is 13.3 Å². The number of rotatable bonds is 1. The van der Waals surface area contributed by atoms with E-state index in [2.05, 4.69) is 9.98 Å². The summed E-state index contributed by atoms with van der Waals surface area (Å²) in [6.07, 6.45) is 0.765. The second kappa shape index (κ2) is 3.37. The molecule has 0 saturated carbocycles. The third-order valence-electron chi connectivity index (χ3n) is 2.98. The summed E-state index contributed by atoms with van der Waals surface area (Å²) in [5, 5.41) is 1.05. The highest BCUT2D eigenvalue weighted by Crippen LogP contribution is 2.28. The van der Waals surface area contributed by atoms with Gasteiger partial charge in [0.2, 0.25) is 0 Å². The minimum absolute atomic E-state index is 0.184. The molecule has 16 heavy (non-hydrogen) atoms. The summed E-state index contributed by atoms with van der Waals surface area (Å²) in [7, 11) is 1.61. The predicted molar refractivity (Wildman–Crippen MR) is 65.6 cm³/mol. The number of benzene rings is 1. The molecular formula is C13H14N2O. The minimum atomic E-state index is -2.18. The van der Waals surface area contributed by atoms with Crippen molar-refractivity contribution in [3.05, 3.63) is 29.5 Å². The van der Waals surface area contributed by atoms with Gasteiger partial charge in [-0.25, -0.2) is 0 Å². The smallest absolute Gasteiger partial charge is 0.120 e. The molecule has 0 spiro atoms. The summed E-state index contributed by atoms with van der Waals surface area (Å²) in [4.78, 5) is 7.35. The number of aliphatic imine (C=N–C) groups is 1. The van der Waals surface area contributed by atoms with E-state index in [1.807, 2.05) is 18.2 Å². The molecule has 3 heteroatoms. The molecule has 0 radical (unpaired) electrons. The van der Waals surface area contributed by atoms with Crippen LogP contribution < -0.4 is 4.74 Å². The van der Waals surface area contributed by atoms with Crippen molar-refractivity contribution < 1.29 is 8.85 Å². The molecule has 0 unspecified atom stereocenters. The quantitative estimate of drug-likeness (QED) is 0.783. The maximum Gasteiger partial charge on any atom is 0.120 e. The largest absolute Gasteiger partial charge is 0.497 e. The number of nitrogens with one attached hydrogen (secondary N) is 1. The summed E-state index contributed by atoms with van der Waals surface area (Å²) < 4.78 is 27.9. The standard InChI is InChI=1S/C13H14N2O/c1-8-13-11(5-6-14-8)10-4-3-9(16-2)7-12(10)15-13/h3-4,7,15H,5-6H2,1-2H3/i1D3. The van der Waals surface area contributed by atoms with Gasteiger partial charge in [0.05, 0.1) is 18.5 Å². The second-order valence-electron chi connectivity index (χ2n) is 3.87. The third kappa shape index (κ3) is 1.24. The Morgan fingerprint density at radius 1 is 1.50 bits per heavy atom. The van der Waals surface area contributed by atoms with E-state index in [0.717, 1.165) is 28.6 Å². The number of hydrogen-bond donors (Lipinski definition) is 1. The minimum Gasteiger partial charge on any atom is -0.497 e. The Morgan fingerprint density at radius 3 is 3.25 bits per heavy atom. The van der Waals surface area contributed by atoms with Crippen molar-refractivity contribution in [2.24, 2.45) is 4.99 Å². The zero-order valence-electron chi connectivity index (χ0n) is 12.0. The zero-order chi connectivity index (χ0) is 13.6. The molecule has 1 aliphatic rings. The van der Waals surface area contributed by atoms with Gasteiger partial charge in [-0.3, -0.25) is 4.99 Å². The molecule has 1 aromatic heterocycles. The van der Waals surface area contributed by atoms with Gasteiger partial charge in [0.1, 0.15) is 5.75 Å². The van der Waals surface area contributed by atoms with Gasteiger partial charge in [-0.15, -0.1) is 0 Å². The van der Waals surface area contributed by atoms with E-state index in [4.69, 9.17) is 8.85 Å². The number of methoxy groups -OCH3 is 1. The summed E-state index contributed by atoms with van der Waals surface area (Å²) >= 11 is 0. The normalized spacial score (nSPS) is 18.3. The lowest BCUT2D eigenvalue weighted by Gasteiger charge is -2.09. The van der Waals surface area contributed by atoms with Gasteiger partial charge in [0, 0.05) is 27.6 Å². The fourth-order valence-electron chi connectivity index (χ4n) is 2.18. The maximum absolute atomic E-state index is 7.57. The Balaban J connectivity index is 2.22. The van der Waals surface area contributed by atoms with Crippen LogP contribution in [0, 0.1) is 0 Å². The Morgan fingerprint density at radius 2 is 2.44 bits per heavy atom. The Kier molecular flexibility index (Phi) is 1.42. The van der Waals surface area contributed by atoms with Crippen molar-refractivity contribution in [2.75, 3.05) is 13.7 Å². The first kappa shape index (κ1) is 6.74. The van der Waals surface area contributed by atoms with Crippen LogP contribution in [0.5, 0.6) is 5.75 Å². The van der Waals surface area contributed by atoms with Gasteiger partial charge >= 0.3 is 0 Å². The molecule has 0 aliphatic carbocycles. The monoisotopic (exact) mass is 217 g/mol. The van der Waals surface area contributed by atoms with Gasteiger partial charge in [-0.1, -0.05) is 0 Å². The molecule has 1 N–H and O–H groups in total. The molecule has 1 aliphatic heterocycles. The maximum atomic E-state index is 7.57. The highest BCUT2D eigenvalue weighted by molar-refractivity contribution is 6.05. The topological polar surface area (TPSA) is 37.4 Å². The summed E-state index contributed by atoms with van der Waals surface area (Å²) in [6.45, 7) is -1.65. The van der Waals surface area contributed by atoms with Crippen molar-refractivity contribution in [3.63, 3.8) is 0 Å². The van der Waals surface area contributed by atoms with Crippen molar-refractivity contribution in [3.8, 4) is 5.75 Å². The van der Waals surface area contributed by atoms with E-state index < -0.39 is 6.85 Å². The van der Waals surface area contributed by atoms with Crippen LogP contribution in [0.3, 0.4) is 0 Å². The van der Waals surface area contributed by atoms with Crippen LogP contribution in [0.2, 0.25) is 0 Å². The van der Waals surface area contributed by atoms with E-state index in [0.29, 0.717) is 12.2 Å². The van der Waals surface area contributed by atoms with Crippen molar-refractivity contribution in [1.29, 1.82) is 0 Å². The molecule has 0 fully saturated rings. The van der Waals surface area contributed by atoms with Gasteiger partial charge in [-0.05, 0) is 31.0 Å².